The standard InChI is InChI=1S/C23H26N2O6/c1-25(12-10-22(27)28)21(26)15-30-13-11-24-23(29)31-14-20-18-8-4-2-6-16(18)17-7-3-5-9-19(17)20/h2-9,20H,10-15H2,1H3,(H,24,29)(H,27,28). The van der Waals surface area contributed by atoms with Crippen molar-refractivity contribution in [3.63, 3.8) is 0 Å². The molecule has 2 N–H and O–H groups in total. The molecule has 2 amide bonds. The molecule has 0 unspecified atom stereocenters. The van der Waals surface area contributed by atoms with Crippen LogP contribution in [0.15, 0.2) is 48.5 Å². The van der Waals surface area contributed by atoms with Crippen LogP contribution in [0.5, 0.6) is 0 Å². The zero-order chi connectivity index (χ0) is 22.2. The summed E-state index contributed by atoms with van der Waals surface area (Å²) in [4.78, 5) is 35.7. The maximum Gasteiger partial charge on any atom is 0.407 e. The molecule has 0 fully saturated rings. The van der Waals surface area contributed by atoms with E-state index < -0.39 is 12.1 Å². The predicted molar refractivity (Wildman–Crippen MR) is 114 cm³/mol. The molecule has 0 radical (unpaired) electrons. The van der Waals surface area contributed by atoms with Crippen LogP contribution in [-0.2, 0) is 19.1 Å². The van der Waals surface area contributed by atoms with Crippen molar-refractivity contribution in [3.05, 3.63) is 59.7 Å². The highest BCUT2D eigenvalue weighted by Crippen LogP contribution is 2.44. The highest BCUT2D eigenvalue weighted by Gasteiger charge is 2.28. The molecular weight excluding hydrogens is 400 g/mol. The fourth-order valence-electron chi connectivity index (χ4n) is 3.53. The van der Waals surface area contributed by atoms with E-state index >= 15 is 0 Å². The number of carbonyl (C=O) groups excluding carboxylic acids is 2. The molecule has 0 heterocycles. The second-order valence-electron chi connectivity index (χ2n) is 7.26. The Balaban J connectivity index is 1.38. The van der Waals surface area contributed by atoms with Gasteiger partial charge in [0.15, 0.2) is 0 Å². The smallest absolute Gasteiger partial charge is 0.407 e. The summed E-state index contributed by atoms with van der Waals surface area (Å²) in [6.45, 7) is 0.511. The van der Waals surface area contributed by atoms with E-state index in [1.807, 2.05) is 24.3 Å². The van der Waals surface area contributed by atoms with Crippen molar-refractivity contribution in [2.24, 2.45) is 0 Å². The fraction of sp³-hybridized carbons (Fsp3) is 0.348. The van der Waals surface area contributed by atoms with Gasteiger partial charge < -0.3 is 24.8 Å². The largest absolute Gasteiger partial charge is 0.481 e. The molecule has 0 spiro atoms. The summed E-state index contributed by atoms with van der Waals surface area (Å²) in [5.41, 5.74) is 4.62. The van der Waals surface area contributed by atoms with Gasteiger partial charge in [0.2, 0.25) is 5.91 Å². The van der Waals surface area contributed by atoms with Crippen molar-refractivity contribution in [2.75, 3.05) is 40.0 Å². The predicted octanol–water partition coefficient (Wildman–Crippen LogP) is 2.47. The third-order valence-electron chi connectivity index (χ3n) is 5.17. The van der Waals surface area contributed by atoms with Gasteiger partial charge in [0.05, 0.1) is 13.0 Å². The number of nitrogens with one attached hydrogen (secondary N) is 1. The number of fused-ring (bicyclic) bond motifs is 3. The number of aliphatic carboxylic acids is 1. The van der Waals surface area contributed by atoms with Crippen LogP contribution in [0.1, 0.15) is 23.5 Å². The SMILES string of the molecule is CN(CCC(=O)O)C(=O)COCCNC(=O)OCC1c2ccccc2-c2ccccc21. The van der Waals surface area contributed by atoms with Gasteiger partial charge in [-0.1, -0.05) is 48.5 Å². The third-order valence-corrected chi connectivity index (χ3v) is 5.17. The van der Waals surface area contributed by atoms with Gasteiger partial charge >= 0.3 is 12.1 Å². The molecule has 2 aromatic rings. The van der Waals surface area contributed by atoms with Gasteiger partial charge in [-0.2, -0.15) is 0 Å². The highest BCUT2D eigenvalue weighted by atomic mass is 16.5. The van der Waals surface area contributed by atoms with Gasteiger partial charge in [-0.3, -0.25) is 9.59 Å². The number of amides is 2. The van der Waals surface area contributed by atoms with Crippen LogP contribution >= 0.6 is 0 Å². The summed E-state index contributed by atoms with van der Waals surface area (Å²) in [6.07, 6.45) is -0.665. The van der Waals surface area contributed by atoms with Crippen LogP contribution in [0, 0.1) is 0 Å². The lowest BCUT2D eigenvalue weighted by atomic mass is 9.98. The molecule has 164 valence electrons. The Morgan fingerprint density at radius 1 is 1.03 bits per heavy atom. The van der Waals surface area contributed by atoms with Gasteiger partial charge in [-0.05, 0) is 22.3 Å². The Hall–Kier alpha value is -3.39. The van der Waals surface area contributed by atoms with E-state index in [4.69, 9.17) is 14.6 Å². The number of likely N-dealkylation sites (N-methyl/N-ethyl adjacent to an activating group) is 1. The molecule has 0 aromatic heterocycles. The maximum atomic E-state index is 12.1. The van der Waals surface area contributed by atoms with Crippen LogP contribution in [0.2, 0.25) is 0 Å². The second-order valence-corrected chi connectivity index (χ2v) is 7.26. The van der Waals surface area contributed by atoms with E-state index in [-0.39, 0.29) is 51.2 Å². The van der Waals surface area contributed by atoms with Crippen molar-refractivity contribution >= 4 is 18.0 Å². The van der Waals surface area contributed by atoms with Crippen LogP contribution < -0.4 is 5.32 Å². The number of hydrogen-bond donors (Lipinski definition) is 2. The van der Waals surface area contributed by atoms with Crippen molar-refractivity contribution in [1.82, 2.24) is 10.2 Å². The van der Waals surface area contributed by atoms with Crippen LogP contribution in [0.25, 0.3) is 11.1 Å². The van der Waals surface area contributed by atoms with E-state index in [2.05, 4.69) is 29.6 Å². The molecule has 0 bridgehead atoms. The quantitative estimate of drug-likeness (QED) is 0.566. The average molecular weight is 426 g/mol. The van der Waals surface area contributed by atoms with Gasteiger partial charge in [-0.25, -0.2) is 4.79 Å². The summed E-state index contributed by atoms with van der Waals surface area (Å²) < 4.78 is 10.7. The highest BCUT2D eigenvalue weighted by molar-refractivity contribution is 5.79. The van der Waals surface area contributed by atoms with E-state index in [0.717, 1.165) is 11.1 Å². The maximum absolute atomic E-state index is 12.1. The minimum Gasteiger partial charge on any atom is -0.481 e. The zero-order valence-electron chi connectivity index (χ0n) is 17.4. The summed E-state index contributed by atoms with van der Waals surface area (Å²) in [5, 5.41) is 11.2. The Morgan fingerprint density at radius 2 is 1.65 bits per heavy atom. The molecule has 31 heavy (non-hydrogen) atoms. The fourth-order valence-corrected chi connectivity index (χ4v) is 3.53. The molecule has 0 saturated heterocycles. The van der Waals surface area contributed by atoms with E-state index in [9.17, 15) is 14.4 Å². The van der Waals surface area contributed by atoms with Crippen molar-refractivity contribution in [2.45, 2.75) is 12.3 Å². The van der Waals surface area contributed by atoms with Gasteiger partial charge in [0.25, 0.3) is 0 Å². The molecule has 1 aliphatic rings. The number of carboxylic acid groups (broad SMARTS) is 1. The lowest BCUT2D eigenvalue weighted by Gasteiger charge is -2.16. The summed E-state index contributed by atoms with van der Waals surface area (Å²) in [7, 11) is 1.52. The van der Waals surface area contributed by atoms with Crippen molar-refractivity contribution < 1.29 is 29.0 Å². The number of ether oxygens (including phenoxy) is 2. The van der Waals surface area contributed by atoms with Crippen molar-refractivity contribution in [3.8, 4) is 11.1 Å². The summed E-state index contributed by atoms with van der Waals surface area (Å²) in [6, 6.07) is 16.2. The normalized spacial score (nSPS) is 12.0. The Kier molecular flexibility index (Phi) is 7.61. The lowest BCUT2D eigenvalue weighted by Crippen LogP contribution is -2.34. The lowest BCUT2D eigenvalue weighted by molar-refractivity contribution is -0.139. The first kappa shape index (κ1) is 22.3. The van der Waals surface area contributed by atoms with Gasteiger partial charge in [0.1, 0.15) is 13.2 Å². The Bertz CT molecular complexity index is 900. The number of carboxylic acids is 1. The topological polar surface area (TPSA) is 105 Å². The first-order valence-electron chi connectivity index (χ1n) is 10.1. The average Bonchev–Trinajstić information content (AvgIpc) is 3.09. The number of benzene rings is 2. The summed E-state index contributed by atoms with van der Waals surface area (Å²) in [5.74, 6) is -1.29. The number of alkyl carbamates (subject to hydrolysis) is 1. The molecule has 0 saturated carbocycles. The molecule has 3 rings (SSSR count). The number of carbonyl (C=O) groups is 3. The molecule has 8 heteroatoms. The van der Waals surface area contributed by atoms with Crippen LogP contribution in [0.3, 0.4) is 0 Å². The molecule has 0 aliphatic heterocycles. The van der Waals surface area contributed by atoms with Crippen molar-refractivity contribution in [1.29, 1.82) is 0 Å². The zero-order valence-corrected chi connectivity index (χ0v) is 17.4. The van der Waals surface area contributed by atoms with E-state index in [1.54, 1.807) is 0 Å². The summed E-state index contributed by atoms with van der Waals surface area (Å²) >= 11 is 0. The number of hydrogen-bond acceptors (Lipinski definition) is 5. The molecule has 1 aliphatic carbocycles. The molecule has 8 nitrogen and oxygen atoms in total. The van der Waals surface area contributed by atoms with Gasteiger partial charge in [-0.15, -0.1) is 0 Å². The first-order chi connectivity index (χ1) is 15.0. The minimum atomic E-state index is -0.965. The van der Waals surface area contributed by atoms with E-state index in [1.165, 1.54) is 23.1 Å². The Labute approximate surface area is 180 Å². The molecule has 2 aromatic carbocycles. The molecule has 0 atom stereocenters. The monoisotopic (exact) mass is 426 g/mol. The number of rotatable bonds is 10. The van der Waals surface area contributed by atoms with Gasteiger partial charge in [0, 0.05) is 26.1 Å². The number of nitrogens with zero attached hydrogens (tertiary/aromatic N) is 1. The molecular formula is C23H26N2O6. The first-order valence-corrected chi connectivity index (χ1v) is 10.1. The van der Waals surface area contributed by atoms with Crippen LogP contribution in [0.4, 0.5) is 4.79 Å². The second kappa shape index (κ2) is 10.6. The third kappa shape index (κ3) is 5.82. The Morgan fingerprint density at radius 3 is 2.26 bits per heavy atom. The van der Waals surface area contributed by atoms with Crippen LogP contribution in [-0.4, -0.2) is 67.9 Å². The minimum absolute atomic E-state index is 0.00615. The van der Waals surface area contributed by atoms with E-state index in [0.29, 0.717) is 0 Å².